The largest absolute Gasteiger partial charge is 0.481 e. The maximum atomic E-state index is 11.4. The molecule has 0 fully saturated rings. The van der Waals surface area contributed by atoms with E-state index in [4.69, 9.17) is 10.2 Å². The molecule has 15 heavy (non-hydrogen) atoms. The molecule has 0 amide bonds. The van der Waals surface area contributed by atoms with Crippen LogP contribution in [-0.4, -0.2) is 54.4 Å². The predicted octanol–water partition coefficient (Wildman–Crippen LogP) is -0.506. The Labute approximate surface area is 89.6 Å². The fourth-order valence-corrected chi connectivity index (χ4v) is 2.01. The average Bonchev–Trinajstić information content (AvgIpc) is 2.11. The summed E-state index contributed by atoms with van der Waals surface area (Å²) >= 11 is 0. The number of nitrogens with zero attached hydrogens (tertiary/aromatic N) is 1. The Kier molecular flexibility index (Phi) is 5.77. The molecule has 90 valence electrons. The van der Waals surface area contributed by atoms with Crippen molar-refractivity contribution in [1.82, 2.24) is 4.31 Å². The molecular formula is C8H17NO5S. The van der Waals surface area contributed by atoms with Gasteiger partial charge in [0.15, 0.2) is 0 Å². The molecule has 0 heterocycles. The third-order valence-electron chi connectivity index (χ3n) is 1.91. The number of rotatable bonds is 7. The van der Waals surface area contributed by atoms with Crippen LogP contribution in [0.15, 0.2) is 0 Å². The van der Waals surface area contributed by atoms with Crippen molar-refractivity contribution in [3.8, 4) is 0 Å². The standard InChI is InChI=1S/C8H17NO5S/c1-7(10)3-5-9(2)15(13,14)6-4-8(11)12/h7,10H,3-6H2,1-2H3,(H,11,12). The minimum Gasteiger partial charge on any atom is -0.481 e. The first-order valence-corrected chi connectivity index (χ1v) is 6.20. The molecule has 0 radical (unpaired) electrons. The molecule has 0 aliphatic heterocycles. The Morgan fingerprint density at radius 3 is 2.40 bits per heavy atom. The van der Waals surface area contributed by atoms with Crippen molar-refractivity contribution >= 4 is 16.0 Å². The van der Waals surface area contributed by atoms with E-state index in [9.17, 15) is 13.2 Å². The molecule has 0 bridgehead atoms. The summed E-state index contributed by atoms with van der Waals surface area (Å²) in [5.74, 6) is -1.54. The summed E-state index contributed by atoms with van der Waals surface area (Å²) in [5.41, 5.74) is 0. The van der Waals surface area contributed by atoms with Crippen LogP contribution in [0.2, 0.25) is 0 Å². The molecule has 0 aliphatic carbocycles. The first kappa shape index (κ1) is 14.3. The van der Waals surface area contributed by atoms with Crippen molar-refractivity contribution in [3.63, 3.8) is 0 Å². The molecule has 2 N–H and O–H groups in total. The number of carboxylic acids is 1. The van der Waals surface area contributed by atoms with E-state index in [-0.39, 0.29) is 6.54 Å². The van der Waals surface area contributed by atoms with Crippen LogP contribution in [0.25, 0.3) is 0 Å². The first-order valence-electron chi connectivity index (χ1n) is 4.59. The maximum Gasteiger partial charge on any atom is 0.304 e. The molecular weight excluding hydrogens is 222 g/mol. The highest BCUT2D eigenvalue weighted by molar-refractivity contribution is 7.89. The van der Waals surface area contributed by atoms with Crippen molar-refractivity contribution in [2.45, 2.75) is 25.9 Å². The van der Waals surface area contributed by atoms with E-state index in [1.54, 1.807) is 6.92 Å². The van der Waals surface area contributed by atoms with Crippen LogP contribution >= 0.6 is 0 Å². The summed E-state index contributed by atoms with van der Waals surface area (Å²) in [6.07, 6.45) is -0.633. The third-order valence-corrected chi connectivity index (χ3v) is 3.76. The maximum absolute atomic E-state index is 11.4. The molecule has 1 atom stereocenters. The van der Waals surface area contributed by atoms with Gasteiger partial charge in [0.1, 0.15) is 0 Å². The minimum absolute atomic E-state index is 0.194. The van der Waals surface area contributed by atoms with Crippen LogP contribution in [0.5, 0.6) is 0 Å². The number of carboxylic acid groups (broad SMARTS) is 1. The van der Waals surface area contributed by atoms with E-state index >= 15 is 0 Å². The van der Waals surface area contributed by atoms with E-state index < -0.39 is 34.3 Å². The fraction of sp³-hybridized carbons (Fsp3) is 0.875. The number of sulfonamides is 1. The number of aliphatic carboxylic acids is 1. The quantitative estimate of drug-likeness (QED) is 0.624. The molecule has 0 saturated heterocycles. The van der Waals surface area contributed by atoms with Gasteiger partial charge in [0, 0.05) is 13.6 Å². The summed E-state index contributed by atoms with van der Waals surface area (Å²) in [5, 5.41) is 17.3. The summed E-state index contributed by atoms with van der Waals surface area (Å²) in [4.78, 5) is 10.2. The second kappa shape index (κ2) is 6.04. The van der Waals surface area contributed by atoms with Crippen LogP contribution in [-0.2, 0) is 14.8 Å². The topological polar surface area (TPSA) is 94.9 Å². The molecule has 0 aliphatic rings. The minimum atomic E-state index is -3.51. The lowest BCUT2D eigenvalue weighted by molar-refractivity contribution is -0.136. The Morgan fingerprint density at radius 1 is 1.47 bits per heavy atom. The van der Waals surface area contributed by atoms with Gasteiger partial charge in [0.2, 0.25) is 10.0 Å². The van der Waals surface area contributed by atoms with Gasteiger partial charge in [-0.05, 0) is 13.3 Å². The van der Waals surface area contributed by atoms with Crippen molar-refractivity contribution in [1.29, 1.82) is 0 Å². The Balaban J connectivity index is 4.14. The zero-order valence-electron chi connectivity index (χ0n) is 8.88. The highest BCUT2D eigenvalue weighted by Crippen LogP contribution is 2.03. The summed E-state index contributed by atoms with van der Waals surface area (Å²) in [6, 6.07) is 0. The lowest BCUT2D eigenvalue weighted by Gasteiger charge is -2.17. The summed E-state index contributed by atoms with van der Waals surface area (Å²) in [7, 11) is -2.14. The first-order chi connectivity index (χ1) is 6.75. The molecule has 0 saturated carbocycles. The molecule has 7 heteroatoms. The highest BCUT2D eigenvalue weighted by Gasteiger charge is 2.19. The number of hydrogen-bond donors (Lipinski definition) is 2. The van der Waals surface area contributed by atoms with Gasteiger partial charge in [-0.25, -0.2) is 12.7 Å². The average molecular weight is 239 g/mol. The lowest BCUT2D eigenvalue weighted by Crippen LogP contribution is -2.32. The molecule has 0 aromatic heterocycles. The van der Waals surface area contributed by atoms with Gasteiger partial charge in [0.05, 0.1) is 18.3 Å². The number of carbonyl (C=O) groups is 1. The third kappa shape index (κ3) is 6.43. The lowest BCUT2D eigenvalue weighted by atomic mass is 10.3. The molecule has 0 aromatic carbocycles. The fourth-order valence-electron chi connectivity index (χ4n) is 0.880. The van der Waals surface area contributed by atoms with Gasteiger partial charge in [-0.2, -0.15) is 0 Å². The van der Waals surface area contributed by atoms with E-state index in [1.807, 2.05) is 0 Å². The smallest absolute Gasteiger partial charge is 0.304 e. The Hall–Kier alpha value is -0.660. The van der Waals surface area contributed by atoms with E-state index in [2.05, 4.69) is 0 Å². The Bertz CT molecular complexity index is 298. The number of hydrogen-bond acceptors (Lipinski definition) is 4. The van der Waals surface area contributed by atoms with Gasteiger partial charge in [-0.3, -0.25) is 4.79 Å². The number of aliphatic hydroxyl groups excluding tert-OH is 1. The van der Waals surface area contributed by atoms with Crippen LogP contribution < -0.4 is 0 Å². The summed E-state index contributed by atoms with van der Waals surface area (Å²) < 4.78 is 23.9. The van der Waals surface area contributed by atoms with Gasteiger partial charge in [-0.15, -0.1) is 0 Å². The van der Waals surface area contributed by atoms with Crippen molar-refractivity contribution in [2.24, 2.45) is 0 Å². The molecule has 0 aromatic rings. The van der Waals surface area contributed by atoms with Crippen molar-refractivity contribution in [3.05, 3.63) is 0 Å². The zero-order valence-corrected chi connectivity index (χ0v) is 9.70. The molecule has 1 unspecified atom stereocenters. The zero-order chi connectivity index (χ0) is 12.1. The van der Waals surface area contributed by atoms with Crippen molar-refractivity contribution in [2.75, 3.05) is 19.3 Å². The number of aliphatic hydroxyl groups is 1. The van der Waals surface area contributed by atoms with Gasteiger partial charge >= 0.3 is 5.97 Å². The highest BCUT2D eigenvalue weighted by atomic mass is 32.2. The second-order valence-corrected chi connectivity index (χ2v) is 5.61. The van der Waals surface area contributed by atoms with Crippen molar-refractivity contribution < 1.29 is 23.4 Å². The van der Waals surface area contributed by atoms with Gasteiger partial charge < -0.3 is 10.2 Å². The monoisotopic (exact) mass is 239 g/mol. The predicted molar refractivity (Wildman–Crippen MR) is 55.0 cm³/mol. The second-order valence-electron chi connectivity index (χ2n) is 3.42. The van der Waals surface area contributed by atoms with Crippen LogP contribution in [0.4, 0.5) is 0 Å². The normalized spacial score (nSPS) is 14.1. The van der Waals surface area contributed by atoms with Crippen LogP contribution in [0.1, 0.15) is 19.8 Å². The molecule has 0 rings (SSSR count). The van der Waals surface area contributed by atoms with E-state index in [0.717, 1.165) is 4.31 Å². The van der Waals surface area contributed by atoms with Gasteiger partial charge in [-0.1, -0.05) is 0 Å². The van der Waals surface area contributed by atoms with Crippen LogP contribution in [0.3, 0.4) is 0 Å². The van der Waals surface area contributed by atoms with E-state index in [1.165, 1.54) is 7.05 Å². The van der Waals surface area contributed by atoms with E-state index in [0.29, 0.717) is 6.42 Å². The molecule has 0 spiro atoms. The van der Waals surface area contributed by atoms with Gasteiger partial charge in [0.25, 0.3) is 0 Å². The molecule has 6 nitrogen and oxygen atoms in total. The SMILES string of the molecule is CC(O)CCN(C)S(=O)(=O)CCC(=O)O. The van der Waals surface area contributed by atoms with Crippen LogP contribution in [0, 0.1) is 0 Å². The Morgan fingerprint density at radius 2 is 2.00 bits per heavy atom. The summed E-state index contributed by atoms with van der Waals surface area (Å²) in [6.45, 7) is 1.76.